The molecule has 7 heteroatoms. The number of rotatable bonds is 7. The summed E-state index contributed by atoms with van der Waals surface area (Å²) in [6.07, 6.45) is 0. The lowest BCUT2D eigenvalue weighted by molar-refractivity contribution is 0.102. The number of carbonyl (C=O) groups excluding carboxylic acids is 1. The van der Waals surface area contributed by atoms with Crippen LogP contribution in [-0.2, 0) is 11.3 Å². The third-order valence-corrected chi connectivity index (χ3v) is 5.02. The summed E-state index contributed by atoms with van der Waals surface area (Å²) in [4.78, 5) is 24.9. The molecule has 3 aromatic rings. The van der Waals surface area contributed by atoms with E-state index in [9.17, 15) is 9.59 Å². The predicted molar refractivity (Wildman–Crippen MR) is 106 cm³/mol. The van der Waals surface area contributed by atoms with E-state index in [0.29, 0.717) is 40.9 Å². The highest BCUT2D eigenvalue weighted by Gasteiger charge is 2.17. The van der Waals surface area contributed by atoms with Crippen LogP contribution in [0.1, 0.15) is 15.4 Å². The van der Waals surface area contributed by atoms with E-state index in [1.165, 1.54) is 0 Å². The van der Waals surface area contributed by atoms with Gasteiger partial charge in [-0.05, 0) is 31.2 Å². The summed E-state index contributed by atoms with van der Waals surface area (Å²) in [5.74, 6) is 1.01. The fourth-order valence-corrected chi connectivity index (χ4v) is 3.49. The molecule has 0 saturated heterocycles. The van der Waals surface area contributed by atoms with Crippen LogP contribution in [-0.4, -0.2) is 24.2 Å². The van der Waals surface area contributed by atoms with Crippen LogP contribution in [0.4, 0.5) is 5.69 Å². The Hall–Kier alpha value is -2.90. The monoisotopic (exact) mass is 384 g/mol. The fraction of sp³-hybridized carbons (Fsp3) is 0.200. The van der Waals surface area contributed by atoms with E-state index < -0.39 is 0 Å². The topological polar surface area (TPSA) is 69.6 Å². The zero-order chi connectivity index (χ0) is 19.2. The van der Waals surface area contributed by atoms with Crippen LogP contribution in [0.5, 0.6) is 11.5 Å². The van der Waals surface area contributed by atoms with Gasteiger partial charge in [0.2, 0.25) is 0 Å². The molecule has 1 amide bonds. The lowest BCUT2D eigenvalue weighted by atomic mass is 10.2. The van der Waals surface area contributed by atoms with Gasteiger partial charge in [0.1, 0.15) is 16.4 Å². The molecule has 0 saturated carbocycles. The van der Waals surface area contributed by atoms with Crippen molar-refractivity contribution in [1.29, 1.82) is 0 Å². The van der Waals surface area contributed by atoms with Gasteiger partial charge in [-0.3, -0.25) is 9.59 Å². The Bertz CT molecular complexity index is 979. The second-order valence-electron chi connectivity index (χ2n) is 5.82. The summed E-state index contributed by atoms with van der Waals surface area (Å²) in [5, 5.41) is 2.83. The molecule has 140 valence electrons. The van der Waals surface area contributed by atoms with Gasteiger partial charge >= 0.3 is 4.87 Å². The van der Waals surface area contributed by atoms with E-state index in [1.807, 2.05) is 36.4 Å². The molecule has 0 atom stereocenters. The van der Waals surface area contributed by atoms with E-state index in [-0.39, 0.29) is 10.8 Å². The Morgan fingerprint density at radius 2 is 1.85 bits per heavy atom. The smallest absolute Gasteiger partial charge is 0.308 e. The van der Waals surface area contributed by atoms with Gasteiger partial charge in [-0.2, -0.15) is 0 Å². The molecule has 0 bridgehead atoms. The third kappa shape index (κ3) is 4.64. The number of nitrogens with zero attached hydrogens (tertiary/aromatic N) is 1. The minimum Gasteiger partial charge on any atom is -0.457 e. The highest BCUT2D eigenvalue weighted by Crippen LogP contribution is 2.24. The normalized spacial score (nSPS) is 10.6. The predicted octanol–water partition coefficient (Wildman–Crippen LogP) is 3.91. The van der Waals surface area contributed by atoms with Crippen molar-refractivity contribution in [2.24, 2.45) is 0 Å². The van der Waals surface area contributed by atoms with Crippen molar-refractivity contribution in [2.75, 3.05) is 19.0 Å². The van der Waals surface area contributed by atoms with Crippen molar-refractivity contribution in [3.8, 4) is 11.5 Å². The number of para-hydroxylation sites is 1. The molecular formula is C20H20N2O4S. The summed E-state index contributed by atoms with van der Waals surface area (Å²) in [7, 11) is 1.57. The Balaban J connectivity index is 1.75. The first-order valence-electron chi connectivity index (χ1n) is 8.42. The molecule has 0 fully saturated rings. The Morgan fingerprint density at radius 1 is 1.11 bits per heavy atom. The average Bonchev–Trinajstić information content (AvgIpc) is 2.95. The standard InChI is InChI=1S/C20H20N2O4S/c1-14-18(27-20(24)22(14)11-12-25-2)19(23)21-15-7-6-10-17(13-15)26-16-8-4-3-5-9-16/h3-10,13H,11-12H2,1-2H3,(H,21,23). The molecule has 0 unspecified atom stereocenters. The molecule has 0 aliphatic carbocycles. The van der Waals surface area contributed by atoms with E-state index in [4.69, 9.17) is 9.47 Å². The fourth-order valence-electron chi connectivity index (χ4n) is 2.58. The molecule has 0 radical (unpaired) electrons. The molecule has 1 N–H and O–H groups in total. The number of anilines is 1. The number of amides is 1. The first-order valence-corrected chi connectivity index (χ1v) is 9.23. The van der Waals surface area contributed by atoms with Gasteiger partial charge in [0.05, 0.1) is 13.2 Å². The van der Waals surface area contributed by atoms with Crippen molar-refractivity contribution in [3.05, 3.63) is 74.8 Å². The van der Waals surface area contributed by atoms with Gasteiger partial charge in [0.15, 0.2) is 0 Å². The molecule has 1 heterocycles. The lowest BCUT2D eigenvalue weighted by Crippen LogP contribution is -2.18. The van der Waals surface area contributed by atoms with Gasteiger partial charge in [0, 0.05) is 24.6 Å². The minimum atomic E-state index is -0.317. The van der Waals surface area contributed by atoms with Crippen molar-refractivity contribution in [3.63, 3.8) is 0 Å². The van der Waals surface area contributed by atoms with Crippen LogP contribution in [0.2, 0.25) is 0 Å². The highest BCUT2D eigenvalue weighted by atomic mass is 32.1. The zero-order valence-electron chi connectivity index (χ0n) is 15.1. The SMILES string of the molecule is COCCn1c(C)c(C(=O)Nc2cccc(Oc3ccccc3)c2)sc1=O. The average molecular weight is 384 g/mol. The van der Waals surface area contributed by atoms with E-state index in [2.05, 4.69) is 5.32 Å². The van der Waals surface area contributed by atoms with E-state index >= 15 is 0 Å². The molecule has 0 spiro atoms. The van der Waals surface area contributed by atoms with Crippen LogP contribution in [0.15, 0.2) is 59.4 Å². The number of thiazole rings is 1. The highest BCUT2D eigenvalue weighted by molar-refractivity contribution is 7.11. The first-order chi connectivity index (χ1) is 13.1. The van der Waals surface area contributed by atoms with Crippen molar-refractivity contribution in [1.82, 2.24) is 4.57 Å². The van der Waals surface area contributed by atoms with E-state index in [0.717, 1.165) is 11.3 Å². The number of ether oxygens (including phenoxy) is 2. The van der Waals surface area contributed by atoms with Crippen LogP contribution in [0, 0.1) is 6.92 Å². The van der Waals surface area contributed by atoms with Crippen LogP contribution >= 0.6 is 11.3 Å². The second-order valence-corrected chi connectivity index (χ2v) is 6.79. The van der Waals surface area contributed by atoms with Gasteiger partial charge in [0.25, 0.3) is 5.91 Å². The summed E-state index contributed by atoms with van der Waals surface area (Å²) < 4.78 is 12.3. The zero-order valence-corrected chi connectivity index (χ0v) is 15.9. The summed E-state index contributed by atoms with van der Waals surface area (Å²) in [6, 6.07) is 16.5. The van der Waals surface area contributed by atoms with Gasteiger partial charge < -0.3 is 19.4 Å². The number of hydrogen-bond acceptors (Lipinski definition) is 5. The quantitative estimate of drug-likeness (QED) is 0.671. The number of hydrogen-bond donors (Lipinski definition) is 1. The van der Waals surface area contributed by atoms with Gasteiger partial charge in [-0.15, -0.1) is 0 Å². The molecular weight excluding hydrogens is 364 g/mol. The van der Waals surface area contributed by atoms with Crippen LogP contribution < -0.4 is 14.9 Å². The molecule has 27 heavy (non-hydrogen) atoms. The summed E-state index contributed by atoms with van der Waals surface area (Å²) >= 11 is 0.934. The van der Waals surface area contributed by atoms with Crippen molar-refractivity contribution < 1.29 is 14.3 Å². The maximum Gasteiger partial charge on any atom is 0.308 e. The number of carbonyl (C=O) groups is 1. The molecule has 0 aliphatic heterocycles. The number of nitrogens with one attached hydrogen (secondary N) is 1. The maximum absolute atomic E-state index is 12.6. The first kappa shape index (κ1) is 18.9. The molecule has 1 aromatic heterocycles. The maximum atomic E-state index is 12.6. The number of methoxy groups -OCH3 is 1. The van der Waals surface area contributed by atoms with Crippen molar-refractivity contribution >= 4 is 22.9 Å². The molecule has 3 rings (SSSR count). The second kappa shape index (κ2) is 8.66. The largest absolute Gasteiger partial charge is 0.457 e. The van der Waals surface area contributed by atoms with Crippen molar-refractivity contribution in [2.45, 2.75) is 13.5 Å². The van der Waals surface area contributed by atoms with Crippen LogP contribution in [0.25, 0.3) is 0 Å². The summed E-state index contributed by atoms with van der Waals surface area (Å²) in [6.45, 7) is 2.60. The lowest BCUT2D eigenvalue weighted by Gasteiger charge is -2.09. The van der Waals surface area contributed by atoms with E-state index in [1.54, 1.807) is 36.8 Å². The Labute approximate surface area is 161 Å². The molecule has 2 aromatic carbocycles. The Kier molecular flexibility index (Phi) is 6.05. The molecule has 6 nitrogen and oxygen atoms in total. The summed E-state index contributed by atoms with van der Waals surface area (Å²) in [5.41, 5.74) is 1.23. The third-order valence-electron chi connectivity index (χ3n) is 3.94. The van der Waals surface area contributed by atoms with Gasteiger partial charge in [-0.1, -0.05) is 35.6 Å². The Morgan fingerprint density at radius 3 is 2.59 bits per heavy atom. The van der Waals surface area contributed by atoms with Gasteiger partial charge in [-0.25, -0.2) is 0 Å². The van der Waals surface area contributed by atoms with Crippen LogP contribution in [0.3, 0.4) is 0 Å². The number of benzene rings is 2. The number of aromatic nitrogens is 1. The minimum absolute atomic E-state index is 0.170. The molecule has 0 aliphatic rings.